The van der Waals surface area contributed by atoms with Crippen LogP contribution >= 0.6 is 0 Å². The number of hydrogen-bond acceptors (Lipinski definition) is 5. The molecular weight excluding hydrogens is 388 g/mol. The number of ether oxygens (including phenoxy) is 1. The summed E-state index contributed by atoms with van der Waals surface area (Å²) in [6.07, 6.45) is 6.81. The number of halogens is 2. The van der Waals surface area contributed by atoms with Gasteiger partial charge in [0.1, 0.15) is 0 Å². The van der Waals surface area contributed by atoms with E-state index in [4.69, 9.17) is 10.8 Å². The molecule has 2 aliphatic carbocycles. The van der Waals surface area contributed by atoms with E-state index >= 15 is 0 Å². The van der Waals surface area contributed by atoms with Crippen molar-refractivity contribution in [3.8, 4) is 17.0 Å². The molecule has 5 rings (SSSR count). The summed E-state index contributed by atoms with van der Waals surface area (Å²) in [5.74, 6) is 1.86. The molecule has 1 saturated heterocycles. The Kier molecular flexibility index (Phi) is 4.92. The van der Waals surface area contributed by atoms with Crippen molar-refractivity contribution in [1.29, 1.82) is 0 Å². The summed E-state index contributed by atoms with van der Waals surface area (Å²) in [5.41, 5.74) is 8.31. The Bertz CT molecular complexity index is 912. The smallest absolute Gasteiger partial charge is 0.387 e. The molecule has 2 atom stereocenters. The first kappa shape index (κ1) is 19.7. The molecule has 0 spiro atoms. The van der Waals surface area contributed by atoms with E-state index in [1.807, 2.05) is 0 Å². The standard InChI is InChI=1S/C22H29F2N5O/c1-12(2)29-18(20-15-8-14(9-16(15)20)28-5-3-4-6-28)10-17(27-29)13-7-19(30-22(23)24)21(25)26-11-13/h7,10-12,14-16,20,22H,3-6,8-9H2,1-2H3,(H2,25,26). The van der Waals surface area contributed by atoms with Crippen LogP contribution in [0, 0.1) is 11.8 Å². The zero-order valence-electron chi connectivity index (χ0n) is 17.5. The van der Waals surface area contributed by atoms with Crippen molar-refractivity contribution in [3.05, 3.63) is 24.0 Å². The molecule has 30 heavy (non-hydrogen) atoms. The Balaban J connectivity index is 1.38. The van der Waals surface area contributed by atoms with Crippen molar-refractivity contribution in [3.63, 3.8) is 0 Å². The highest BCUT2D eigenvalue weighted by atomic mass is 19.3. The van der Waals surface area contributed by atoms with Gasteiger partial charge in [0.2, 0.25) is 0 Å². The lowest BCUT2D eigenvalue weighted by atomic mass is 10.0. The maximum absolute atomic E-state index is 12.7. The molecule has 162 valence electrons. The summed E-state index contributed by atoms with van der Waals surface area (Å²) >= 11 is 0. The molecule has 8 heteroatoms. The van der Waals surface area contributed by atoms with Crippen molar-refractivity contribution in [2.45, 2.75) is 64.1 Å². The van der Waals surface area contributed by atoms with E-state index in [9.17, 15) is 8.78 Å². The van der Waals surface area contributed by atoms with Gasteiger partial charge in [-0.3, -0.25) is 4.68 Å². The van der Waals surface area contributed by atoms with Crippen LogP contribution in [0.15, 0.2) is 18.3 Å². The molecule has 6 nitrogen and oxygen atoms in total. The number of nitrogens with two attached hydrogens (primary N) is 1. The summed E-state index contributed by atoms with van der Waals surface area (Å²) in [7, 11) is 0. The largest absolute Gasteiger partial charge is 0.431 e. The minimum Gasteiger partial charge on any atom is -0.431 e. The maximum Gasteiger partial charge on any atom is 0.387 e. The summed E-state index contributed by atoms with van der Waals surface area (Å²) in [6.45, 7) is 3.82. The molecule has 1 aliphatic heterocycles. The summed E-state index contributed by atoms with van der Waals surface area (Å²) in [5, 5.41) is 4.80. The second kappa shape index (κ2) is 7.48. The van der Waals surface area contributed by atoms with Gasteiger partial charge in [0.15, 0.2) is 11.6 Å². The maximum atomic E-state index is 12.7. The molecule has 0 amide bonds. The average molecular weight is 418 g/mol. The Hall–Kier alpha value is -2.22. The van der Waals surface area contributed by atoms with Gasteiger partial charge < -0.3 is 15.4 Å². The third-order valence-electron chi connectivity index (χ3n) is 7.07. The van der Waals surface area contributed by atoms with E-state index in [1.54, 1.807) is 6.20 Å². The van der Waals surface area contributed by atoms with Crippen LogP contribution in [-0.2, 0) is 0 Å². The van der Waals surface area contributed by atoms with Crippen molar-refractivity contribution in [2.75, 3.05) is 18.8 Å². The molecule has 2 unspecified atom stereocenters. The van der Waals surface area contributed by atoms with Crippen LogP contribution in [0.3, 0.4) is 0 Å². The lowest BCUT2D eigenvalue weighted by molar-refractivity contribution is -0.0494. The van der Waals surface area contributed by atoms with Crippen molar-refractivity contribution >= 4 is 5.82 Å². The Morgan fingerprint density at radius 2 is 1.83 bits per heavy atom. The molecule has 2 aromatic heterocycles. The van der Waals surface area contributed by atoms with Gasteiger partial charge in [0.05, 0.1) is 5.69 Å². The van der Waals surface area contributed by atoms with Crippen molar-refractivity contribution < 1.29 is 13.5 Å². The molecule has 2 saturated carbocycles. The number of nitrogens with zero attached hydrogens (tertiary/aromatic N) is 4. The van der Waals surface area contributed by atoms with Crippen LogP contribution in [-0.4, -0.2) is 45.4 Å². The highest BCUT2D eigenvalue weighted by Gasteiger charge is 2.58. The predicted octanol–water partition coefficient (Wildman–Crippen LogP) is 4.30. The van der Waals surface area contributed by atoms with Gasteiger partial charge in [-0.25, -0.2) is 4.98 Å². The number of alkyl halides is 2. The number of fused-ring (bicyclic) bond motifs is 1. The van der Waals surface area contributed by atoms with E-state index in [-0.39, 0.29) is 17.6 Å². The minimum atomic E-state index is -2.94. The fourth-order valence-corrected chi connectivity index (χ4v) is 5.65. The average Bonchev–Trinajstić information content (AvgIpc) is 3.22. The number of anilines is 1. The second-order valence-corrected chi connectivity index (χ2v) is 9.20. The zero-order valence-corrected chi connectivity index (χ0v) is 17.5. The first-order chi connectivity index (χ1) is 14.4. The number of pyridine rings is 1. The SMILES string of the molecule is CC(C)n1nc(-c2cnc(N)c(OC(F)F)c2)cc1C1C2CC(N3CCCC3)CC21. The molecule has 3 fully saturated rings. The van der Waals surface area contributed by atoms with Crippen molar-refractivity contribution in [1.82, 2.24) is 19.7 Å². The molecule has 0 aromatic carbocycles. The van der Waals surface area contributed by atoms with Crippen LogP contribution in [0.25, 0.3) is 11.3 Å². The monoisotopic (exact) mass is 417 g/mol. The Morgan fingerprint density at radius 3 is 2.47 bits per heavy atom. The normalized spacial score (nSPS) is 28.5. The fourth-order valence-electron chi connectivity index (χ4n) is 5.65. The summed E-state index contributed by atoms with van der Waals surface area (Å²) in [4.78, 5) is 6.71. The van der Waals surface area contributed by atoms with Crippen LogP contribution in [0.1, 0.15) is 57.2 Å². The van der Waals surface area contributed by atoms with Gasteiger partial charge >= 0.3 is 6.61 Å². The number of hydrogen-bond donors (Lipinski definition) is 1. The highest BCUT2D eigenvalue weighted by Crippen LogP contribution is 2.64. The third kappa shape index (κ3) is 3.45. The quantitative estimate of drug-likeness (QED) is 0.759. The van der Waals surface area contributed by atoms with Crippen LogP contribution < -0.4 is 10.5 Å². The van der Waals surface area contributed by atoms with Gasteiger partial charge in [-0.05, 0) is 76.6 Å². The van der Waals surface area contributed by atoms with Gasteiger partial charge in [-0.15, -0.1) is 0 Å². The molecule has 0 radical (unpaired) electrons. The Morgan fingerprint density at radius 1 is 1.13 bits per heavy atom. The lowest BCUT2D eigenvalue weighted by Gasteiger charge is -2.25. The van der Waals surface area contributed by atoms with Crippen molar-refractivity contribution in [2.24, 2.45) is 11.8 Å². The lowest BCUT2D eigenvalue weighted by Crippen LogP contribution is -2.31. The van der Waals surface area contributed by atoms with E-state index in [0.29, 0.717) is 11.5 Å². The van der Waals surface area contributed by atoms with E-state index < -0.39 is 6.61 Å². The van der Waals surface area contributed by atoms with Gasteiger partial charge in [-0.2, -0.15) is 13.9 Å². The van der Waals surface area contributed by atoms with Crippen LogP contribution in [0.5, 0.6) is 5.75 Å². The fraction of sp³-hybridized carbons (Fsp3) is 0.636. The molecule has 2 aromatic rings. The number of likely N-dealkylation sites (tertiary alicyclic amines) is 1. The molecule has 3 aliphatic rings. The summed E-state index contributed by atoms with van der Waals surface area (Å²) < 4.78 is 31.9. The predicted molar refractivity (Wildman–Crippen MR) is 110 cm³/mol. The van der Waals surface area contributed by atoms with Gasteiger partial charge in [0.25, 0.3) is 0 Å². The zero-order chi connectivity index (χ0) is 21.0. The molecule has 3 heterocycles. The van der Waals surface area contributed by atoms with Crippen LogP contribution in [0.4, 0.5) is 14.6 Å². The van der Waals surface area contributed by atoms with Gasteiger partial charge in [-0.1, -0.05) is 0 Å². The topological polar surface area (TPSA) is 69.2 Å². The molecule has 0 bridgehead atoms. The third-order valence-corrected chi connectivity index (χ3v) is 7.07. The number of nitrogen functional groups attached to an aromatic ring is 1. The Labute approximate surface area is 175 Å². The van der Waals surface area contributed by atoms with Gasteiger partial charge in [0, 0.05) is 35.5 Å². The first-order valence-electron chi connectivity index (χ1n) is 11.0. The second-order valence-electron chi connectivity index (χ2n) is 9.20. The first-order valence-corrected chi connectivity index (χ1v) is 11.0. The van der Waals surface area contributed by atoms with E-state index in [1.165, 1.54) is 50.5 Å². The number of aromatic nitrogens is 3. The number of rotatable bonds is 6. The van der Waals surface area contributed by atoms with E-state index in [0.717, 1.165) is 23.6 Å². The molecule has 2 N–H and O–H groups in total. The molecular formula is C22H29F2N5O. The minimum absolute atomic E-state index is 0.0488. The summed E-state index contributed by atoms with van der Waals surface area (Å²) in [6, 6.07) is 4.59. The van der Waals surface area contributed by atoms with Crippen LogP contribution in [0.2, 0.25) is 0 Å². The highest BCUT2D eigenvalue weighted by molar-refractivity contribution is 5.64. The van der Waals surface area contributed by atoms with E-state index in [2.05, 4.69) is 39.2 Å².